The van der Waals surface area contributed by atoms with Gasteiger partial charge >= 0.3 is 5.97 Å². The highest BCUT2D eigenvalue weighted by atomic mass is 16.5. The molecule has 2 aromatic carbocycles. The minimum Gasteiger partial charge on any atom is -0.497 e. The second-order valence-electron chi connectivity index (χ2n) is 7.90. The molecule has 0 spiro atoms. The van der Waals surface area contributed by atoms with Crippen LogP contribution in [0.2, 0.25) is 0 Å². The monoisotopic (exact) mass is 406 g/mol. The molecule has 0 saturated heterocycles. The van der Waals surface area contributed by atoms with Gasteiger partial charge in [-0.05, 0) is 55.2 Å². The number of aromatic nitrogens is 3. The summed E-state index contributed by atoms with van der Waals surface area (Å²) in [4.78, 5) is 14.3. The van der Waals surface area contributed by atoms with E-state index < -0.39 is 5.97 Å². The molecule has 2 heterocycles. The number of rotatable bonds is 6. The van der Waals surface area contributed by atoms with E-state index in [1.54, 1.807) is 11.8 Å². The number of aromatic carboxylic acids is 1. The van der Waals surface area contributed by atoms with E-state index in [0.717, 1.165) is 36.4 Å². The minimum absolute atomic E-state index is 0.0278. The summed E-state index contributed by atoms with van der Waals surface area (Å²) in [5.74, 6) is -0.305. The van der Waals surface area contributed by atoms with Gasteiger partial charge in [-0.25, -0.2) is 9.48 Å². The van der Waals surface area contributed by atoms with Gasteiger partial charge in [0.2, 0.25) is 0 Å². The van der Waals surface area contributed by atoms with Crippen molar-refractivity contribution in [2.24, 2.45) is 0 Å². The first-order valence-corrected chi connectivity index (χ1v) is 10.1. The maximum atomic E-state index is 11.8. The average Bonchev–Trinajstić information content (AvgIpc) is 3.17. The molecular formula is C23H26N4O3. The van der Waals surface area contributed by atoms with Crippen LogP contribution in [0.5, 0.6) is 5.75 Å². The van der Waals surface area contributed by atoms with Crippen LogP contribution in [0.25, 0.3) is 11.3 Å². The predicted molar refractivity (Wildman–Crippen MR) is 114 cm³/mol. The zero-order valence-electron chi connectivity index (χ0n) is 17.5. The lowest BCUT2D eigenvalue weighted by Crippen LogP contribution is -2.35. The van der Waals surface area contributed by atoms with Gasteiger partial charge < -0.3 is 9.84 Å². The van der Waals surface area contributed by atoms with Crippen molar-refractivity contribution in [3.63, 3.8) is 0 Å². The number of benzene rings is 2. The summed E-state index contributed by atoms with van der Waals surface area (Å²) in [6.45, 7) is 6.73. The van der Waals surface area contributed by atoms with Gasteiger partial charge in [0.15, 0.2) is 5.69 Å². The van der Waals surface area contributed by atoms with Crippen molar-refractivity contribution in [1.82, 2.24) is 19.9 Å². The number of carboxylic acid groups (broad SMARTS) is 1. The third-order valence-electron chi connectivity index (χ3n) is 5.68. The van der Waals surface area contributed by atoms with Crippen molar-refractivity contribution in [3.05, 3.63) is 64.8 Å². The minimum atomic E-state index is -1.08. The smallest absolute Gasteiger partial charge is 0.358 e. The lowest BCUT2D eigenvalue weighted by Gasteiger charge is -2.32. The zero-order valence-corrected chi connectivity index (χ0v) is 17.5. The molecule has 1 aromatic heterocycles. The Kier molecular flexibility index (Phi) is 5.55. The van der Waals surface area contributed by atoms with Crippen molar-refractivity contribution in [3.8, 4) is 17.0 Å². The van der Waals surface area contributed by atoms with E-state index in [9.17, 15) is 9.90 Å². The van der Waals surface area contributed by atoms with E-state index in [2.05, 4.69) is 41.2 Å². The summed E-state index contributed by atoms with van der Waals surface area (Å²) in [7, 11) is 1.63. The number of carboxylic acids is 1. The Morgan fingerprint density at radius 1 is 1.17 bits per heavy atom. The van der Waals surface area contributed by atoms with E-state index in [1.165, 1.54) is 11.1 Å². The third kappa shape index (κ3) is 3.93. The summed E-state index contributed by atoms with van der Waals surface area (Å²) >= 11 is 0. The average molecular weight is 406 g/mol. The van der Waals surface area contributed by atoms with Crippen LogP contribution in [0.4, 0.5) is 0 Å². The number of hydrogen-bond acceptors (Lipinski definition) is 5. The topological polar surface area (TPSA) is 80.5 Å². The summed E-state index contributed by atoms with van der Waals surface area (Å²) in [5, 5.41) is 17.8. The SMILES string of the molecule is COc1ccc(Cn2nnc(C(=O)O)c2-c2ccc3c(c2)CN(C(C)C)CC3)cc1. The standard InChI is InChI=1S/C23H26N4O3/c1-15(2)26-11-10-17-6-7-18(12-19(17)14-26)22-21(23(28)29)24-25-27(22)13-16-4-8-20(30-3)9-5-16/h4-9,12,15H,10-11,13-14H2,1-3H3,(H,28,29). The Hall–Kier alpha value is -3.19. The van der Waals surface area contributed by atoms with E-state index in [0.29, 0.717) is 18.3 Å². The van der Waals surface area contributed by atoms with Crippen molar-refractivity contribution in [2.75, 3.05) is 13.7 Å². The van der Waals surface area contributed by atoms with Gasteiger partial charge in [0.05, 0.1) is 13.7 Å². The number of methoxy groups -OCH3 is 1. The van der Waals surface area contributed by atoms with Crippen molar-refractivity contribution in [2.45, 2.75) is 39.4 Å². The maximum Gasteiger partial charge on any atom is 0.358 e. The van der Waals surface area contributed by atoms with Crippen LogP contribution in [0, 0.1) is 0 Å². The fourth-order valence-corrected chi connectivity index (χ4v) is 3.92. The van der Waals surface area contributed by atoms with Gasteiger partial charge in [0.1, 0.15) is 11.4 Å². The molecule has 0 amide bonds. The van der Waals surface area contributed by atoms with Crippen LogP contribution in [-0.2, 0) is 19.5 Å². The van der Waals surface area contributed by atoms with Crippen molar-refractivity contribution in [1.29, 1.82) is 0 Å². The lowest BCUT2D eigenvalue weighted by atomic mass is 9.95. The number of fused-ring (bicyclic) bond motifs is 1. The Morgan fingerprint density at radius 2 is 1.93 bits per heavy atom. The van der Waals surface area contributed by atoms with Crippen molar-refractivity contribution < 1.29 is 14.6 Å². The van der Waals surface area contributed by atoms with Crippen LogP contribution in [0.1, 0.15) is 41.0 Å². The lowest BCUT2D eigenvalue weighted by molar-refractivity contribution is 0.0691. The predicted octanol–water partition coefficient (Wildman–Crippen LogP) is 3.47. The van der Waals surface area contributed by atoms with Gasteiger partial charge in [-0.15, -0.1) is 5.10 Å². The van der Waals surface area contributed by atoms with Gasteiger partial charge in [-0.2, -0.15) is 0 Å². The number of hydrogen-bond donors (Lipinski definition) is 1. The van der Waals surface area contributed by atoms with E-state index in [-0.39, 0.29) is 5.69 Å². The molecule has 1 N–H and O–H groups in total. The summed E-state index contributed by atoms with van der Waals surface area (Å²) < 4.78 is 6.87. The summed E-state index contributed by atoms with van der Waals surface area (Å²) in [5.41, 5.74) is 4.88. The normalized spacial score (nSPS) is 14.0. The van der Waals surface area contributed by atoms with Gasteiger partial charge in [-0.3, -0.25) is 4.90 Å². The molecule has 7 nitrogen and oxygen atoms in total. The van der Waals surface area contributed by atoms with Gasteiger partial charge in [0, 0.05) is 24.7 Å². The van der Waals surface area contributed by atoms with Crippen LogP contribution in [0.15, 0.2) is 42.5 Å². The molecule has 7 heteroatoms. The first kappa shape index (κ1) is 20.1. The molecule has 0 unspecified atom stereocenters. The first-order chi connectivity index (χ1) is 14.5. The molecule has 30 heavy (non-hydrogen) atoms. The Morgan fingerprint density at radius 3 is 2.60 bits per heavy atom. The molecule has 0 aliphatic carbocycles. The molecule has 1 aliphatic heterocycles. The van der Waals surface area contributed by atoms with Crippen LogP contribution >= 0.6 is 0 Å². The highest BCUT2D eigenvalue weighted by Gasteiger charge is 2.24. The van der Waals surface area contributed by atoms with E-state index >= 15 is 0 Å². The fourth-order valence-electron chi connectivity index (χ4n) is 3.92. The quantitative estimate of drug-likeness (QED) is 0.675. The van der Waals surface area contributed by atoms with Crippen molar-refractivity contribution >= 4 is 5.97 Å². The fraction of sp³-hybridized carbons (Fsp3) is 0.348. The number of carbonyl (C=O) groups is 1. The van der Waals surface area contributed by atoms with Gasteiger partial charge in [0.25, 0.3) is 0 Å². The first-order valence-electron chi connectivity index (χ1n) is 10.1. The molecule has 0 saturated carbocycles. The van der Waals surface area contributed by atoms with E-state index in [4.69, 9.17) is 4.74 Å². The maximum absolute atomic E-state index is 11.8. The highest BCUT2D eigenvalue weighted by Crippen LogP contribution is 2.29. The molecule has 0 atom stereocenters. The Balaban J connectivity index is 1.72. The zero-order chi connectivity index (χ0) is 21.3. The second kappa shape index (κ2) is 8.28. The Bertz CT molecular complexity index is 1060. The molecule has 3 aromatic rings. The molecule has 1 aliphatic rings. The Labute approximate surface area is 175 Å². The molecule has 4 rings (SSSR count). The molecule has 0 radical (unpaired) electrons. The largest absolute Gasteiger partial charge is 0.497 e. The molecule has 0 fully saturated rings. The molecular weight excluding hydrogens is 380 g/mol. The number of nitrogens with zero attached hydrogens (tertiary/aromatic N) is 4. The van der Waals surface area contributed by atoms with E-state index in [1.807, 2.05) is 30.3 Å². The van der Waals surface area contributed by atoms with Crippen LogP contribution in [-0.4, -0.2) is 50.7 Å². The summed E-state index contributed by atoms with van der Waals surface area (Å²) in [6, 6.07) is 14.3. The summed E-state index contributed by atoms with van der Waals surface area (Å²) in [6.07, 6.45) is 1.00. The van der Waals surface area contributed by atoms with Crippen LogP contribution < -0.4 is 4.74 Å². The molecule has 156 valence electrons. The number of ether oxygens (including phenoxy) is 1. The second-order valence-corrected chi connectivity index (χ2v) is 7.90. The van der Waals surface area contributed by atoms with Gasteiger partial charge in [-0.1, -0.05) is 29.5 Å². The molecule has 0 bridgehead atoms. The highest BCUT2D eigenvalue weighted by molar-refractivity contribution is 5.92. The third-order valence-corrected chi connectivity index (χ3v) is 5.68. The van der Waals surface area contributed by atoms with Crippen LogP contribution in [0.3, 0.4) is 0 Å².